The molecule has 0 atom stereocenters. The van der Waals surface area contributed by atoms with Crippen molar-refractivity contribution in [2.45, 2.75) is 52.4 Å². The fraction of sp³-hybridized carbons (Fsp3) is 0.733. The summed E-state index contributed by atoms with van der Waals surface area (Å²) in [6.07, 6.45) is 9.11. The highest BCUT2D eigenvalue weighted by Gasteiger charge is 2.03. The minimum Gasteiger partial charge on any atom is -0.353 e. The van der Waals surface area contributed by atoms with Gasteiger partial charge >= 0.3 is 0 Å². The Morgan fingerprint density at radius 3 is 2.40 bits per heavy atom. The van der Waals surface area contributed by atoms with E-state index in [1.165, 1.54) is 0 Å². The van der Waals surface area contributed by atoms with E-state index in [1.54, 1.807) is 21.6 Å². The summed E-state index contributed by atoms with van der Waals surface area (Å²) in [6, 6.07) is 0. The lowest BCUT2D eigenvalue weighted by molar-refractivity contribution is -0.120. The van der Waals surface area contributed by atoms with E-state index in [-0.39, 0.29) is 5.91 Å². The average molecular weight is 318 g/mol. The fourth-order valence-electron chi connectivity index (χ4n) is 1.48. The van der Waals surface area contributed by atoms with Crippen molar-refractivity contribution < 1.29 is 9.59 Å². The topological polar surface area (TPSA) is 46.2 Å². The molecule has 0 spiro atoms. The van der Waals surface area contributed by atoms with E-state index >= 15 is 0 Å². The number of Topliss-reactive ketones (excluding diaryl/α,β-unsaturated/α-hetero) is 1. The summed E-state index contributed by atoms with van der Waals surface area (Å²) >= 11 is 0. The van der Waals surface area contributed by atoms with Gasteiger partial charge in [-0.1, -0.05) is 53.5 Å². The van der Waals surface area contributed by atoms with E-state index in [0.29, 0.717) is 25.2 Å². The van der Waals surface area contributed by atoms with Gasteiger partial charge in [0.15, 0.2) is 0 Å². The highest BCUT2D eigenvalue weighted by atomic mass is 33.1. The number of carbonyl (C=O) groups is 2. The summed E-state index contributed by atoms with van der Waals surface area (Å²) < 4.78 is 0. The molecule has 0 saturated carbocycles. The Kier molecular flexibility index (Phi) is 14.7. The van der Waals surface area contributed by atoms with Gasteiger partial charge in [-0.15, -0.1) is 0 Å². The molecule has 0 aliphatic rings. The van der Waals surface area contributed by atoms with Crippen LogP contribution in [0.5, 0.6) is 0 Å². The Morgan fingerprint density at radius 1 is 1.05 bits per heavy atom. The SMILES string of the molecule is C/C=C/CNC(=O)CCSSCCC(=O)CCCCC. The molecule has 0 aromatic carbocycles. The molecule has 0 radical (unpaired) electrons. The molecule has 5 heteroatoms. The Labute approximate surface area is 131 Å². The van der Waals surface area contributed by atoms with Crippen LogP contribution in [0.2, 0.25) is 0 Å². The molecule has 0 aliphatic heterocycles. The van der Waals surface area contributed by atoms with Crippen LogP contribution in [0, 0.1) is 0 Å². The van der Waals surface area contributed by atoms with Gasteiger partial charge in [0, 0.05) is 37.3 Å². The first kappa shape index (κ1) is 19.6. The van der Waals surface area contributed by atoms with E-state index in [1.807, 2.05) is 19.1 Å². The molecule has 0 bridgehead atoms. The second-order valence-corrected chi connectivity index (χ2v) is 7.21. The number of allylic oxidation sites excluding steroid dienone is 1. The van der Waals surface area contributed by atoms with Gasteiger partial charge in [-0.05, 0) is 13.3 Å². The van der Waals surface area contributed by atoms with Crippen LogP contribution in [0.3, 0.4) is 0 Å². The van der Waals surface area contributed by atoms with Crippen LogP contribution >= 0.6 is 21.6 Å². The van der Waals surface area contributed by atoms with Crippen molar-refractivity contribution in [1.82, 2.24) is 5.32 Å². The highest BCUT2D eigenvalue weighted by Crippen LogP contribution is 2.23. The lowest BCUT2D eigenvalue weighted by Gasteiger charge is -2.03. The molecular weight excluding hydrogens is 290 g/mol. The van der Waals surface area contributed by atoms with Gasteiger partial charge in [-0.3, -0.25) is 9.59 Å². The zero-order chi connectivity index (χ0) is 15.1. The molecule has 1 N–H and O–H groups in total. The molecular formula is C15H27NO2S2. The third-order valence-corrected chi connectivity index (χ3v) is 5.08. The molecule has 20 heavy (non-hydrogen) atoms. The predicted octanol–water partition coefficient (Wildman–Crippen LogP) is 3.99. The summed E-state index contributed by atoms with van der Waals surface area (Å²) in [7, 11) is 3.37. The fourth-order valence-corrected chi connectivity index (χ4v) is 3.51. The average Bonchev–Trinajstić information content (AvgIpc) is 2.43. The van der Waals surface area contributed by atoms with E-state index in [2.05, 4.69) is 12.2 Å². The molecule has 0 rings (SSSR count). The molecule has 0 saturated heterocycles. The molecule has 1 amide bonds. The van der Waals surface area contributed by atoms with Gasteiger partial charge in [-0.2, -0.15) is 0 Å². The summed E-state index contributed by atoms with van der Waals surface area (Å²) in [5.41, 5.74) is 0. The van der Waals surface area contributed by atoms with Crippen molar-refractivity contribution in [3.05, 3.63) is 12.2 Å². The summed E-state index contributed by atoms with van der Waals surface area (Å²) in [6.45, 7) is 4.69. The van der Waals surface area contributed by atoms with Crippen molar-refractivity contribution in [3.63, 3.8) is 0 Å². The van der Waals surface area contributed by atoms with Crippen LogP contribution in [0.1, 0.15) is 52.4 Å². The van der Waals surface area contributed by atoms with Crippen LogP contribution in [0.4, 0.5) is 0 Å². The third kappa shape index (κ3) is 14.0. The first-order chi connectivity index (χ1) is 9.70. The lowest BCUT2D eigenvalue weighted by Crippen LogP contribution is -2.23. The zero-order valence-electron chi connectivity index (χ0n) is 12.7. The van der Waals surface area contributed by atoms with Gasteiger partial charge < -0.3 is 5.32 Å². The standard InChI is InChI=1S/C15H27NO2S2/c1-3-5-7-8-14(17)9-12-19-20-13-10-15(18)16-11-6-4-2/h4,6H,3,5,7-13H2,1-2H3,(H,16,18)/b6-4+. The number of hydrogen-bond acceptors (Lipinski definition) is 4. The van der Waals surface area contributed by atoms with Gasteiger partial charge in [0.2, 0.25) is 5.91 Å². The van der Waals surface area contributed by atoms with E-state index in [4.69, 9.17) is 0 Å². The zero-order valence-corrected chi connectivity index (χ0v) is 14.3. The minimum atomic E-state index is 0.0897. The van der Waals surface area contributed by atoms with Crippen molar-refractivity contribution in [2.24, 2.45) is 0 Å². The molecule has 0 heterocycles. The monoisotopic (exact) mass is 317 g/mol. The van der Waals surface area contributed by atoms with Crippen molar-refractivity contribution in [1.29, 1.82) is 0 Å². The van der Waals surface area contributed by atoms with Gasteiger partial charge in [0.1, 0.15) is 5.78 Å². The number of carbonyl (C=O) groups excluding carboxylic acids is 2. The molecule has 3 nitrogen and oxygen atoms in total. The minimum absolute atomic E-state index is 0.0897. The maximum Gasteiger partial charge on any atom is 0.221 e. The smallest absolute Gasteiger partial charge is 0.221 e. The van der Waals surface area contributed by atoms with Crippen LogP contribution < -0.4 is 5.32 Å². The number of nitrogens with one attached hydrogen (secondary N) is 1. The van der Waals surface area contributed by atoms with Crippen LogP contribution in [-0.2, 0) is 9.59 Å². The van der Waals surface area contributed by atoms with Gasteiger partial charge in [-0.25, -0.2) is 0 Å². The highest BCUT2D eigenvalue weighted by molar-refractivity contribution is 8.76. The van der Waals surface area contributed by atoms with E-state index in [0.717, 1.165) is 37.2 Å². The molecule has 116 valence electrons. The second kappa shape index (κ2) is 15.0. The molecule has 0 fully saturated rings. The first-order valence-corrected chi connectivity index (χ1v) is 9.83. The molecule has 0 aliphatic carbocycles. The Morgan fingerprint density at radius 2 is 1.75 bits per heavy atom. The van der Waals surface area contributed by atoms with Crippen molar-refractivity contribution in [3.8, 4) is 0 Å². The Hall–Kier alpha value is -0.420. The Balaban J connectivity index is 3.31. The first-order valence-electron chi connectivity index (χ1n) is 7.34. The number of ketones is 1. The number of hydrogen-bond donors (Lipinski definition) is 1. The van der Waals surface area contributed by atoms with Crippen molar-refractivity contribution in [2.75, 3.05) is 18.1 Å². The largest absolute Gasteiger partial charge is 0.353 e. The van der Waals surface area contributed by atoms with Gasteiger partial charge in [0.25, 0.3) is 0 Å². The molecule has 0 aromatic heterocycles. The summed E-state index contributed by atoms with van der Waals surface area (Å²) in [5.74, 6) is 2.12. The summed E-state index contributed by atoms with van der Waals surface area (Å²) in [4.78, 5) is 22.9. The predicted molar refractivity (Wildman–Crippen MR) is 91.1 cm³/mol. The van der Waals surface area contributed by atoms with Crippen LogP contribution in [0.25, 0.3) is 0 Å². The lowest BCUT2D eigenvalue weighted by atomic mass is 10.1. The third-order valence-electron chi connectivity index (χ3n) is 2.67. The second-order valence-electron chi connectivity index (χ2n) is 4.51. The summed E-state index contributed by atoms with van der Waals surface area (Å²) in [5, 5.41) is 2.82. The maximum absolute atomic E-state index is 11.5. The molecule has 0 aromatic rings. The van der Waals surface area contributed by atoms with Gasteiger partial charge in [0.05, 0.1) is 0 Å². The Bertz CT molecular complexity index is 294. The van der Waals surface area contributed by atoms with Crippen LogP contribution in [0.15, 0.2) is 12.2 Å². The van der Waals surface area contributed by atoms with Crippen LogP contribution in [-0.4, -0.2) is 29.7 Å². The number of unbranched alkanes of at least 4 members (excludes halogenated alkanes) is 2. The van der Waals surface area contributed by atoms with E-state index < -0.39 is 0 Å². The van der Waals surface area contributed by atoms with E-state index in [9.17, 15) is 9.59 Å². The number of rotatable bonds is 13. The van der Waals surface area contributed by atoms with Crippen molar-refractivity contribution >= 4 is 33.3 Å². The normalized spacial score (nSPS) is 10.9. The molecule has 0 unspecified atom stereocenters. The quantitative estimate of drug-likeness (QED) is 0.317. The maximum atomic E-state index is 11.5. The number of amides is 1.